The van der Waals surface area contributed by atoms with E-state index in [4.69, 9.17) is 5.73 Å². The number of nitrogens with two attached hydrogens (primary N) is 1. The predicted molar refractivity (Wildman–Crippen MR) is 93.7 cm³/mol. The number of carbonyl (C=O) groups excluding carboxylic acids is 2. The Hall–Kier alpha value is -0.890. The van der Waals surface area contributed by atoms with Crippen molar-refractivity contribution in [2.45, 2.75) is 39.8 Å². The van der Waals surface area contributed by atoms with Gasteiger partial charge in [0.05, 0.1) is 18.6 Å². The fourth-order valence-corrected chi connectivity index (χ4v) is 2.29. The molecule has 0 radical (unpaired) electrons. The minimum Gasteiger partial charge on any atom is -0.346 e. The highest BCUT2D eigenvalue weighted by atomic mass is 35.5. The van der Waals surface area contributed by atoms with Crippen molar-refractivity contribution < 1.29 is 9.59 Å². The molecule has 1 aromatic rings. The predicted octanol–water partition coefficient (Wildman–Crippen LogP) is 1.57. The summed E-state index contributed by atoms with van der Waals surface area (Å²) >= 11 is 1.54. The van der Waals surface area contributed by atoms with Crippen LogP contribution in [0.25, 0.3) is 0 Å². The van der Waals surface area contributed by atoms with Crippen LogP contribution in [0.1, 0.15) is 36.7 Å². The molecule has 128 valence electrons. The van der Waals surface area contributed by atoms with E-state index < -0.39 is 6.04 Å². The fraction of sp³-hybridized carbons (Fsp3) is 0.615. The molecule has 0 saturated heterocycles. The fourth-order valence-electron chi connectivity index (χ4n) is 1.51. The molecular formula is C13H24Cl2N4O2S. The molecule has 1 heterocycles. The number of halogens is 2. The summed E-state index contributed by atoms with van der Waals surface area (Å²) < 4.78 is 0. The van der Waals surface area contributed by atoms with Gasteiger partial charge in [-0.25, -0.2) is 4.98 Å². The molecular weight excluding hydrogens is 347 g/mol. The van der Waals surface area contributed by atoms with E-state index in [-0.39, 0.29) is 55.1 Å². The highest BCUT2D eigenvalue weighted by molar-refractivity contribution is 7.11. The lowest BCUT2D eigenvalue weighted by molar-refractivity contribution is -0.127. The minimum absolute atomic E-state index is 0. The maximum absolute atomic E-state index is 11.7. The molecule has 0 aliphatic carbocycles. The molecule has 2 amide bonds. The average molecular weight is 371 g/mol. The van der Waals surface area contributed by atoms with E-state index in [9.17, 15) is 9.59 Å². The second-order valence-electron chi connectivity index (χ2n) is 5.09. The molecule has 0 saturated carbocycles. The Morgan fingerprint density at radius 2 is 1.91 bits per heavy atom. The third kappa shape index (κ3) is 7.40. The first kappa shape index (κ1) is 23.4. The van der Waals surface area contributed by atoms with Crippen molar-refractivity contribution in [3.63, 3.8) is 0 Å². The summed E-state index contributed by atoms with van der Waals surface area (Å²) in [4.78, 5) is 28.7. The zero-order valence-electron chi connectivity index (χ0n) is 13.1. The van der Waals surface area contributed by atoms with Gasteiger partial charge in [-0.05, 0) is 19.8 Å². The van der Waals surface area contributed by atoms with Crippen LogP contribution < -0.4 is 16.4 Å². The van der Waals surface area contributed by atoms with Crippen molar-refractivity contribution in [2.24, 2.45) is 11.7 Å². The Morgan fingerprint density at radius 1 is 1.32 bits per heavy atom. The number of aryl methyl sites for hydroxylation is 1. The van der Waals surface area contributed by atoms with Gasteiger partial charge in [0, 0.05) is 11.1 Å². The van der Waals surface area contributed by atoms with E-state index in [0.29, 0.717) is 0 Å². The SMILES string of the molecule is Cc1cnc(C(C)NC(=O)CNC(=O)[C@@H](N)C(C)C)s1.Cl.Cl. The molecule has 1 unspecified atom stereocenters. The monoisotopic (exact) mass is 370 g/mol. The van der Waals surface area contributed by atoms with Crippen molar-refractivity contribution in [3.05, 3.63) is 16.1 Å². The number of nitrogens with one attached hydrogen (secondary N) is 2. The number of hydrogen-bond acceptors (Lipinski definition) is 5. The molecule has 6 nitrogen and oxygen atoms in total. The van der Waals surface area contributed by atoms with Crippen LogP contribution in [0.3, 0.4) is 0 Å². The van der Waals surface area contributed by atoms with E-state index in [1.807, 2.05) is 27.7 Å². The average Bonchev–Trinajstić information content (AvgIpc) is 2.81. The van der Waals surface area contributed by atoms with Gasteiger partial charge in [0.15, 0.2) is 0 Å². The second-order valence-corrected chi connectivity index (χ2v) is 6.35. The van der Waals surface area contributed by atoms with Crippen molar-refractivity contribution in [1.29, 1.82) is 0 Å². The lowest BCUT2D eigenvalue weighted by atomic mass is 10.1. The number of nitrogens with zero attached hydrogens (tertiary/aromatic N) is 1. The summed E-state index contributed by atoms with van der Waals surface area (Å²) in [5, 5.41) is 6.17. The highest BCUT2D eigenvalue weighted by Gasteiger charge is 2.18. The van der Waals surface area contributed by atoms with Gasteiger partial charge in [-0.15, -0.1) is 36.2 Å². The van der Waals surface area contributed by atoms with Crippen LogP contribution in [0, 0.1) is 12.8 Å². The van der Waals surface area contributed by atoms with Crippen LogP contribution in [0.2, 0.25) is 0 Å². The summed E-state index contributed by atoms with van der Waals surface area (Å²) in [5.74, 6) is -0.530. The van der Waals surface area contributed by atoms with Crippen LogP contribution >= 0.6 is 36.2 Å². The highest BCUT2D eigenvalue weighted by Crippen LogP contribution is 2.18. The molecule has 0 fully saturated rings. The summed E-state index contributed by atoms with van der Waals surface area (Å²) in [6, 6.07) is -0.765. The summed E-state index contributed by atoms with van der Waals surface area (Å²) in [6.45, 7) is 7.46. The lowest BCUT2D eigenvalue weighted by Gasteiger charge is -2.16. The standard InChI is InChI=1S/C13H22N4O2S.2ClH/c1-7(2)11(14)12(19)15-6-10(18)17-9(4)13-16-5-8(3)20-13;;/h5,7,9,11H,6,14H2,1-4H3,(H,15,19)(H,17,18);2*1H/t9?,11-;;/m0../s1. The Labute approximate surface area is 147 Å². The molecule has 0 bridgehead atoms. The summed E-state index contributed by atoms with van der Waals surface area (Å²) in [6.07, 6.45) is 1.77. The van der Waals surface area contributed by atoms with Gasteiger partial charge >= 0.3 is 0 Å². The van der Waals surface area contributed by atoms with Crippen molar-refractivity contribution in [3.8, 4) is 0 Å². The third-order valence-electron chi connectivity index (χ3n) is 2.83. The van der Waals surface area contributed by atoms with Gasteiger partial charge in [-0.3, -0.25) is 9.59 Å². The summed E-state index contributed by atoms with van der Waals surface area (Å²) in [7, 11) is 0. The first-order valence-electron chi connectivity index (χ1n) is 6.56. The molecule has 2 atom stereocenters. The van der Waals surface area contributed by atoms with E-state index in [1.165, 1.54) is 11.3 Å². The zero-order chi connectivity index (χ0) is 15.3. The van der Waals surface area contributed by atoms with Gasteiger partial charge in [0.1, 0.15) is 5.01 Å². The number of aromatic nitrogens is 1. The first-order chi connectivity index (χ1) is 9.31. The quantitative estimate of drug-likeness (QED) is 0.707. The maximum atomic E-state index is 11.7. The number of rotatable bonds is 6. The van der Waals surface area contributed by atoms with Crippen LogP contribution in [0.15, 0.2) is 6.20 Å². The van der Waals surface area contributed by atoms with E-state index in [2.05, 4.69) is 15.6 Å². The van der Waals surface area contributed by atoms with Crippen LogP contribution in [0.5, 0.6) is 0 Å². The smallest absolute Gasteiger partial charge is 0.239 e. The van der Waals surface area contributed by atoms with Gasteiger partial charge in [-0.1, -0.05) is 13.8 Å². The lowest BCUT2D eigenvalue weighted by Crippen LogP contribution is -2.47. The van der Waals surface area contributed by atoms with Crippen molar-refractivity contribution in [1.82, 2.24) is 15.6 Å². The van der Waals surface area contributed by atoms with Crippen molar-refractivity contribution in [2.75, 3.05) is 6.54 Å². The van der Waals surface area contributed by atoms with Crippen molar-refractivity contribution >= 4 is 48.0 Å². The Balaban J connectivity index is 0. The van der Waals surface area contributed by atoms with Gasteiger partial charge in [-0.2, -0.15) is 0 Å². The second kappa shape index (κ2) is 10.8. The summed E-state index contributed by atoms with van der Waals surface area (Å²) in [5.41, 5.74) is 5.69. The Morgan fingerprint density at radius 3 is 2.36 bits per heavy atom. The topological polar surface area (TPSA) is 97.1 Å². The van der Waals surface area contributed by atoms with Gasteiger partial charge < -0.3 is 16.4 Å². The number of hydrogen-bond donors (Lipinski definition) is 3. The van der Waals surface area contributed by atoms with Crippen LogP contribution in [-0.2, 0) is 9.59 Å². The van der Waals surface area contributed by atoms with E-state index in [1.54, 1.807) is 6.20 Å². The number of thiazole rings is 1. The molecule has 0 aromatic carbocycles. The van der Waals surface area contributed by atoms with Gasteiger partial charge in [0.2, 0.25) is 11.8 Å². The zero-order valence-corrected chi connectivity index (χ0v) is 15.5. The Kier molecular flexibility index (Phi) is 11.4. The largest absolute Gasteiger partial charge is 0.346 e. The van der Waals surface area contributed by atoms with Crippen LogP contribution in [0.4, 0.5) is 0 Å². The molecule has 1 rings (SSSR count). The number of amides is 2. The molecule has 0 spiro atoms. The van der Waals surface area contributed by atoms with Crippen LogP contribution in [-0.4, -0.2) is 29.4 Å². The minimum atomic E-state index is -0.596. The third-order valence-corrected chi connectivity index (χ3v) is 3.93. The first-order valence-corrected chi connectivity index (χ1v) is 7.38. The molecule has 1 aromatic heterocycles. The number of carbonyl (C=O) groups is 2. The molecule has 4 N–H and O–H groups in total. The molecule has 0 aliphatic heterocycles. The molecule has 22 heavy (non-hydrogen) atoms. The molecule has 0 aliphatic rings. The normalized spacial score (nSPS) is 12.6. The van der Waals surface area contributed by atoms with E-state index in [0.717, 1.165) is 9.88 Å². The maximum Gasteiger partial charge on any atom is 0.239 e. The van der Waals surface area contributed by atoms with Gasteiger partial charge in [0.25, 0.3) is 0 Å². The Bertz CT molecular complexity index is 482. The molecule has 9 heteroatoms. The van der Waals surface area contributed by atoms with E-state index >= 15 is 0 Å².